The van der Waals surface area contributed by atoms with Gasteiger partial charge in [-0.3, -0.25) is 4.79 Å². The second kappa shape index (κ2) is 5.41. The average molecular weight is 270 g/mol. The first-order valence-corrected chi connectivity index (χ1v) is 6.94. The number of hydrogen-bond acceptors (Lipinski definition) is 3. The Morgan fingerprint density at radius 1 is 1.15 bits per heavy atom. The molecule has 0 bridgehead atoms. The summed E-state index contributed by atoms with van der Waals surface area (Å²) in [7, 11) is 0. The lowest BCUT2D eigenvalue weighted by atomic mass is 10.2. The van der Waals surface area contributed by atoms with E-state index < -0.39 is 0 Å². The van der Waals surface area contributed by atoms with Crippen LogP contribution in [-0.4, -0.2) is 19.0 Å². The van der Waals surface area contributed by atoms with Gasteiger partial charge in [0.15, 0.2) is 0 Å². The molecular weight excluding hydrogens is 252 g/mol. The van der Waals surface area contributed by atoms with Crippen molar-refractivity contribution in [3.8, 4) is 0 Å². The van der Waals surface area contributed by atoms with Gasteiger partial charge in [0, 0.05) is 24.5 Å². The van der Waals surface area contributed by atoms with Gasteiger partial charge in [0.05, 0.1) is 11.8 Å². The van der Waals surface area contributed by atoms with E-state index in [4.69, 9.17) is 4.42 Å². The fraction of sp³-hybridized carbons (Fsp3) is 0.312. The molecule has 4 heteroatoms. The van der Waals surface area contributed by atoms with Crippen molar-refractivity contribution in [2.45, 2.75) is 19.8 Å². The molecular formula is C16H18N2O2. The predicted octanol–water partition coefficient (Wildman–Crippen LogP) is 3.44. The van der Waals surface area contributed by atoms with E-state index >= 15 is 0 Å². The van der Waals surface area contributed by atoms with Crippen LogP contribution >= 0.6 is 0 Å². The fourth-order valence-electron chi connectivity index (χ4n) is 2.55. The summed E-state index contributed by atoms with van der Waals surface area (Å²) in [6, 6.07) is 9.69. The normalized spacial score (nSPS) is 14.6. The first kappa shape index (κ1) is 12.8. The number of aryl methyl sites for hydroxylation is 1. The Labute approximate surface area is 118 Å². The van der Waals surface area contributed by atoms with Gasteiger partial charge in [0.25, 0.3) is 5.91 Å². The number of amides is 1. The molecule has 0 radical (unpaired) electrons. The molecule has 1 aromatic heterocycles. The number of nitrogens with zero attached hydrogens (tertiary/aromatic N) is 1. The van der Waals surface area contributed by atoms with E-state index in [1.54, 1.807) is 13.0 Å². The van der Waals surface area contributed by atoms with Crippen molar-refractivity contribution in [1.29, 1.82) is 0 Å². The van der Waals surface area contributed by atoms with Crippen molar-refractivity contribution in [2.24, 2.45) is 0 Å². The summed E-state index contributed by atoms with van der Waals surface area (Å²) >= 11 is 0. The molecule has 1 N–H and O–H groups in total. The molecule has 1 aromatic carbocycles. The number of carbonyl (C=O) groups excluding carboxylic acids is 1. The molecule has 0 saturated carbocycles. The lowest BCUT2D eigenvalue weighted by Gasteiger charge is -2.17. The quantitative estimate of drug-likeness (QED) is 0.929. The standard InChI is InChI=1S/C16H18N2O2/c1-12-15(8-11-20-12)16(19)17-13-4-6-14(7-5-13)18-9-2-3-10-18/h4-8,11H,2-3,9-10H2,1H3,(H,17,19). The highest BCUT2D eigenvalue weighted by atomic mass is 16.3. The fourth-order valence-corrected chi connectivity index (χ4v) is 2.55. The zero-order valence-corrected chi connectivity index (χ0v) is 11.6. The maximum atomic E-state index is 12.1. The summed E-state index contributed by atoms with van der Waals surface area (Å²) < 4.78 is 5.14. The molecule has 1 amide bonds. The minimum Gasteiger partial charge on any atom is -0.469 e. The zero-order valence-electron chi connectivity index (χ0n) is 11.6. The summed E-state index contributed by atoms with van der Waals surface area (Å²) in [6.07, 6.45) is 4.05. The molecule has 0 unspecified atom stereocenters. The summed E-state index contributed by atoms with van der Waals surface area (Å²) in [5, 5.41) is 2.89. The molecule has 1 aliphatic rings. The summed E-state index contributed by atoms with van der Waals surface area (Å²) in [5.74, 6) is 0.501. The summed E-state index contributed by atoms with van der Waals surface area (Å²) in [4.78, 5) is 14.4. The van der Waals surface area contributed by atoms with E-state index in [1.807, 2.05) is 12.1 Å². The third-order valence-corrected chi connectivity index (χ3v) is 3.70. The van der Waals surface area contributed by atoms with Crippen molar-refractivity contribution in [3.05, 3.63) is 47.9 Å². The molecule has 1 aliphatic heterocycles. The Balaban J connectivity index is 1.69. The van der Waals surface area contributed by atoms with Crippen molar-refractivity contribution in [1.82, 2.24) is 0 Å². The second-order valence-corrected chi connectivity index (χ2v) is 5.09. The van der Waals surface area contributed by atoms with Crippen LogP contribution in [0.15, 0.2) is 41.0 Å². The van der Waals surface area contributed by atoms with Gasteiger partial charge >= 0.3 is 0 Å². The summed E-state index contributed by atoms with van der Waals surface area (Å²) in [5.41, 5.74) is 2.60. The zero-order chi connectivity index (χ0) is 13.9. The van der Waals surface area contributed by atoms with E-state index in [2.05, 4.69) is 22.3 Å². The van der Waals surface area contributed by atoms with Gasteiger partial charge < -0.3 is 14.6 Å². The Morgan fingerprint density at radius 3 is 2.45 bits per heavy atom. The molecule has 0 atom stereocenters. The molecule has 3 rings (SSSR count). The van der Waals surface area contributed by atoms with Crippen LogP contribution in [0.4, 0.5) is 11.4 Å². The number of carbonyl (C=O) groups is 1. The number of anilines is 2. The van der Waals surface area contributed by atoms with Crippen LogP contribution in [0, 0.1) is 6.92 Å². The highest BCUT2D eigenvalue weighted by Crippen LogP contribution is 2.22. The van der Waals surface area contributed by atoms with Crippen LogP contribution in [0.2, 0.25) is 0 Å². The molecule has 0 aliphatic carbocycles. The molecule has 2 heterocycles. The first-order valence-electron chi connectivity index (χ1n) is 6.94. The van der Waals surface area contributed by atoms with Crippen LogP contribution in [-0.2, 0) is 0 Å². The number of benzene rings is 1. The lowest BCUT2D eigenvalue weighted by Crippen LogP contribution is -2.17. The monoisotopic (exact) mass is 270 g/mol. The Kier molecular flexibility index (Phi) is 3.46. The van der Waals surface area contributed by atoms with Crippen molar-refractivity contribution >= 4 is 17.3 Å². The van der Waals surface area contributed by atoms with E-state index in [-0.39, 0.29) is 5.91 Å². The Morgan fingerprint density at radius 2 is 1.85 bits per heavy atom. The molecule has 2 aromatic rings. The maximum absolute atomic E-state index is 12.1. The van der Waals surface area contributed by atoms with Crippen LogP contribution in [0.5, 0.6) is 0 Å². The topological polar surface area (TPSA) is 45.5 Å². The number of rotatable bonds is 3. The largest absolute Gasteiger partial charge is 0.469 e. The highest BCUT2D eigenvalue weighted by Gasteiger charge is 2.13. The van der Waals surface area contributed by atoms with Gasteiger partial charge in [0.2, 0.25) is 0 Å². The van der Waals surface area contributed by atoms with Gasteiger partial charge in [-0.1, -0.05) is 0 Å². The van der Waals surface area contributed by atoms with Gasteiger partial charge in [-0.25, -0.2) is 0 Å². The SMILES string of the molecule is Cc1occc1C(=O)Nc1ccc(N2CCCC2)cc1. The lowest BCUT2D eigenvalue weighted by molar-refractivity contribution is 0.102. The minimum absolute atomic E-state index is 0.134. The summed E-state index contributed by atoms with van der Waals surface area (Å²) in [6.45, 7) is 4.03. The Hall–Kier alpha value is -2.23. The van der Waals surface area contributed by atoms with Crippen LogP contribution in [0.25, 0.3) is 0 Å². The van der Waals surface area contributed by atoms with Gasteiger partial charge in [-0.05, 0) is 50.1 Å². The molecule has 0 spiro atoms. The molecule has 4 nitrogen and oxygen atoms in total. The predicted molar refractivity (Wildman–Crippen MR) is 79.3 cm³/mol. The molecule has 20 heavy (non-hydrogen) atoms. The van der Waals surface area contributed by atoms with Gasteiger partial charge in [-0.15, -0.1) is 0 Å². The number of furan rings is 1. The van der Waals surface area contributed by atoms with Crippen LogP contribution in [0.1, 0.15) is 29.0 Å². The van der Waals surface area contributed by atoms with Gasteiger partial charge in [-0.2, -0.15) is 0 Å². The van der Waals surface area contributed by atoms with E-state index in [9.17, 15) is 4.79 Å². The molecule has 1 fully saturated rings. The Bertz CT molecular complexity index is 595. The highest BCUT2D eigenvalue weighted by molar-refractivity contribution is 6.04. The smallest absolute Gasteiger partial charge is 0.259 e. The maximum Gasteiger partial charge on any atom is 0.259 e. The van der Waals surface area contributed by atoms with Crippen LogP contribution in [0.3, 0.4) is 0 Å². The first-order chi connectivity index (χ1) is 9.74. The van der Waals surface area contributed by atoms with E-state index in [1.165, 1.54) is 24.8 Å². The van der Waals surface area contributed by atoms with Crippen LogP contribution < -0.4 is 10.2 Å². The number of hydrogen-bond donors (Lipinski definition) is 1. The molecule has 104 valence electrons. The van der Waals surface area contributed by atoms with Crippen molar-refractivity contribution in [3.63, 3.8) is 0 Å². The second-order valence-electron chi connectivity index (χ2n) is 5.09. The average Bonchev–Trinajstić information content (AvgIpc) is 3.10. The van der Waals surface area contributed by atoms with E-state index in [0.29, 0.717) is 11.3 Å². The van der Waals surface area contributed by atoms with Crippen molar-refractivity contribution in [2.75, 3.05) is 23.3 Å². The third-order valence-electron chi connectivity index (χ3n) is 3.70. The molecule has 1 saturated heterocycles. The van der Waals surface area contributed by atoms with E-state index in [0.717, 1.165) is 18.8 Å². The van der Waals surface area contributed by atoms with Gasteiger partial charge in [0.1, 0.15) is 5.76 Å². The number of nitrogens with one attached hydrogen (secondary N) is 1. The van der Waals surface area contributed by atoms with Crippen molar-refractivity contribution < 1.29 is 9.21 Å². The third kappa shape index (κ3) is 2.54. The minimum atomic E-state index is -0.134.